The lowest BCUT2D eigenvalue weighted by Gasteiger charge is -2.36. The third-order valence-corrected chi connectivity index (χ3v) is 9.81. The number of ether oxygens (including phenoxy) is 3. The van der Waals surface area contributed by atoms with E-state index in [0.29, 0.717) is 17.9 Å². The molecule has 0 bridgehead atoms. The molecule has 6 rings (SSSR count). The van der Waals surface area contributed by atoms with Gasteiger partial charge in [-0.2, -0.15) is 0 Å². The quantitative estimate of drug-likeness (QED) is 0.238. The van der Waals surface area contributed by atoms with E-state index in [9.17, 15) is 0 Å². The average Bonchev–Trinajstić information content (AvgIpc) is 3.05. The van der Waals surface area contributed by atoms with Gasteiger partial charge in [-0.25, -0.2) is 0 Å². The second kappa shape index (κ2) is 13.1. The Labute approximate surface area is 258 Å². The summed E-state index contributed by atoms with van der Waals surface area (Å²) in [4.78, 5) is 2.51. The standard InChI is InChI=1S/C39H47NO3/c1-39(2)22-18-29(19-23-39)35-16-12-32-26-34(43-27-28-8-6-5-7-9-28)15-17-36(32)37(35)30-10-13-33(14-11-30)40-24-20-31(21-25-40)38(41-3)42-4/h5-11,13-15,17-18,26,31,38H,12,16,19-25,27H2,1-4H3. The maximum Gasteiger partial charge on any atom is 0.159 e. The summed E-state index contributed by atoms with van der Waals surface area (Å²) in [6, 6.07) is 26.5. The molecule has 1 aliphatic heterocycles. The summed E-state index contributed by atoms with van der Waals surface area (Å²) in [5.74, 6) is 1.40. The van der Waals surface area contributed by atoms with Crippen LogP contribution >= 0.6 is 0 Å². The molecule has 0 atom stereocenters. The number of hydrogen-bond donors (Lipinski definition) is 0. The zero-order chi connectivity index (χ0) is 29.8. The highest BCUT2D eigenvalue weighted by molar-refractivity contribution is 5.88. The van der Waals surface area contributed by atoms with Crippen LogP contribution < -0.4 is 9.64 Å². The molecular formula is C39H47NO3. The van der Waals surface area contributed by atoms with Gasteiger partial charge in [0.05, 0.1) is 0 Å². The largest absolute Gasteiger partial charge is 0.489 e. The Balaban J connectivity index is 1.27. The van der Waals surface area contributed by atoms with E-state index in [0.717, 1.165) is 57.4 Å². The summed E-state index contributed by atoms with van der Waals surface area (Å²) in [7, 11) is 3.49. The van der Waals surface area contributed by atoms with E-state index in [1.165, 1.54) is 39.9 Å². The number of rotatable bonds is 9. The van der Waals surface area contributed by atoms with Crippen LogP contribution in [-0.2, 0) is 22.5 Å². The van der Waals surface area contributed by atoms with Gasteiger partial charge in [0, 0.05) is 38.9 Å². The minimum Gasteiger partial charge on any atom is -0.489 e. The van der Waals surface area contributed by atoms with Gasteiger partial charge in [-0.1, -0.05) is 68.5 Å². The molecule has 0 saturated carbocycles. The first-order valence-electron chi connectivity index (χ1n) is 16.1. The van der Waals surface area contributed by atoms with Crippen molar-refractivity contribution in [2.75, 3.05) is 32.2 Å². The molecule has 1 fully saturated rings. The van der Waals surface area contributed by atoms with Crippen molar-refractivity contribution >= 4 is 11.3 Å². The van der Waals surface area contributed by atoms with Crippen molar-refractivity contribution in [2.24, 2.45) is 11.3 Å². The summed E-state index contributed by atoms with van der Waals surface area (Å²) in [5.41, 5.74) is 11.5. The molecule has 1 heterocycles. The van der Waals surface area contributed by atoms with E-state index in [-0.39, 0.29) is 6.29 Å². The van der Waals surface area contributed by atoms with E-state index in [1.54, 1.807) is 25.4 Å². The van der Waals surface area contributed by atoms with Gasteiger partial charge >= 0.3 is 0 Å². The van der Waals surface area contributed by atoms with E-state index in [4.69, 9.17) is 14.2 Å². The van der Waals surface area contributed by atoms with Gasteiger partial charge in [-0.15, -0.1) is 0 Å². The SMILES string of the molecule is COC(OC)C1CCN(c2ccc(C3=C(C4=CCC(C)(C)CC4)CCc4cc(OCc5ccccc5)ccc43)cc2)CC1. The van der Waals surface area contributed by atoms with Gasteiger partial charge in [0.25, 0.3) is 0 Å². The van der Waals surface area contributed by atoms with Crippen molar-refractivity contribution in [2.45, 2.75) is 71.7 Å². The van der Waals surface area contributed by atoms with Crippen molar-refractivity contribution < 1.29 is 14.2 Å². The van der Waals surface area contributed by atoms with Gasteiger partial charge in [0.15, 0.2) is 6.29 Å². The fraction of sp³-hybridized carbons (Fsp3) is 0.436. The number of allylic oxidation sites excluding steroid dienone is 3. The zero-order valence-electron chi connectivity index (χ0n) is 26.4. The van der Waals surface area contributed by atoms with Crippen LogP contribution in [0.4, 0.5) is 5.69 Å². The third kappa shape index (κ3) is 6.76. The summed E-state index contributed by atoms with van der Waals surface area (Å²) < 4.78 is 17.3. The molecule has 0 amide bonds. The number of aryl methyl sites for hydroxylation is 1. The highest BCUT2D eigenvalue weighted by Crippen LogP contribution is 2.45. The van der Waals surface area contributed by atoms with Crippen molar-refractivity contribution in [3.05, 3.63) is 112 Å². The Morgan fingerprint density at radius 3 is 2.28 bits per heavy atom. The second-order valence-electron chi connectivity index (χ2n) is 13.3. The molecule has 0 radical (unpaired) electrons. The Morgan fingerprint density at radius 2 is 1.60 bits per heavy atom. The molecule has 2 aliphatic carbocycles. The topological polar surface area (TPSA) is 30.9 Å². The van der Waals surface area contributed by atoms with Crippen LogP contribution in [0.3, 0.4) is 0 Å². The lowest BCUT2D eigenvalue weighted by atomic mass is 9.73. The Morgan fingerprint density at radius 1 is 0.860 bits per heavy atom. The predicted molar refractivity (Wildman–Crippen MR) is 176 cm³/mol. The smallest absolute Gasteiger partial charge is 0.159 e. The fourth-order valence-electron chi connectivity index (χ4n) is 7.15. The van der Waals surface area contributed by atoms with E-state index < -0.39 is 0 Å². The fourth-order valence-corrected chi connectivity index (χ4v) is 7.15. The summed E-state index contributed by atoms with van der Waals surface area (Å²) in [6.07, 6.45) is 10.3. The minimum absolute atomic E-state index is 0.106. The van der Waals surface area contributed by atoms with E-state index in [2.05, 4.69) is 91.6 Å². The molecule has 3 aromatic rings. The predicted octanol–water partition coefficient (Wildman–Crippen LogP) is 8.99. The number of anilines is 1. The first kappa shape index (κ1) is 29.7. The monoisotopic (exact) mass is 577 g/mol. The number of nitrogens with zero attached hydrogens (tertiary/aromatic N) is 1. The van der Waals surface area contributed by atoms with Gasteiger partial charge in [0.2, 0.25) is 0 Å². The molecule has 0 N–H and O–H groups in total. The normalized spacial score (nSPS) is 18.9. The molecule has 1 saturated heterocycles. The Kier molecular flexibility index (Phi) is 9.06. The van der Waals surface area contributed by atoms with Crippen molar-refractivity contribution in [3.63, 3.8) is 0 Å². The van der Waals surface area contributed by atoms with Crippen LogP contribution in [-0.4, -0.2) is 33.6 Å². The molecule has 4 heteroatoms. The molecule has 0 spiro atoms. The van der Waals surface area contributed by atoms with Crippen molar-refractivity contribution in [3.8, 4) is 5.75 Å². The molecule has 4 nitrogen and oxygen atoms in total. The third-order valence-electron chi connectivity index (χ3n) is 9.81. The van der Waals surface area contributed by atoms with Crippen LogP contribution in [0.15, 0.2) is 90.0 Å². The first-order chi connectivity index (χ1) is 20.9. The molecule has 0 unspecified atom stereocenters. The molecule has 0 aromatic heterocycles. The maximum absolute atomic E-state index is 6.24. The van der Waals surface area contributed by atoms with Gasteiger partial charge < -0.3 is 19.1 Å². The number of benzene rings is 3. The van der Waals surface area contributed by atoms with Crippen LogP contribution in [0.2, 0.25) is 0 Å². The van der Waals surface area contributed by atoms with Crippen LogP contribution in [0.5, 0.6) is 5.75 Å². The van der Waals surface area contributed by atoms with Crippen LogP contribution in [0.25, 0.3) is 5.57 Å². The Bertz CT molecular complexity index is 1440. The summed E-state index contributed by atoms with van der Waals surface area (Å²) >= 11 is 0. The van der Waals surface area contributed by atoms with Gasteiger partial charge in [0.1, 0.15) is 12.4 Å². The van der Waals surface area contributed by atoms with Crippen LogP contribution in [0.1, 0.15) is 74.6 Å². The molecule has 43 heavy (non-hydrogen) atoms. The number of hydrogen-bond acceptors (Lipinski definition) is 4. The first-order valence-corrected chi connectivity index (χ1v) is 16.1. The highest BCUT2D eigenvalue weighted by Gasteiger charge is 2.29. The van der Waals surface area contributed by atoms with Gasteiger partial charge in [-0.3, -0.25) is 0 Å². The maximum atomic E-state index is 6.24. The summed E-state index contributed by atoms with van der Waals surface area (Å²) in [5, 5.41) is 0. The lowest BCUT2D eigenvalue weighted by molar-refractivity contribution is -0.141. The average molecular weight is 578 g/mol. The number of piperidine rings is 1. The highest BCUT2D eigenvalue weighted by atomic mass is 16.7. The molecule has 226 valence electrons. The van der Waals surface area contributed by atoms with E-state index >= 15 is 0 Å². The minimum atomic E-state index is -0.106. The Hall–Kier alpha value is -3.34. The van der Waals surface area contributed by atoms with Crippen LogP contribution in [0, 0.1) is 11.3 Å². The summed E-state index contributed by atoms with van der Waals surface area (Å²) in [6.45, 7) is 7.44. The zero-order valence-corrected chi connectivity index (χ0v) is 26.4. The number of fused-ring (bicyclic) bond motifs is 1. The lowest BCUT2D eigenvalue weighted by Crippen LogP contribution is -2.39. The van der Waals surface area contributed by atoms with E-state index in [1.807, 2.05) is 6.07 Å². The molecule has 3 aromatic carbocycles. The van der Waals surface area contributed by atoms with Crippen molar-refractivity contribution in [1.29, 1.82) is 0 Å². The number of methoxy groups -OCH3 is 2. The van der Waals surface area contributed by atoms with Crippen molar-refractivity contribution in [1.82, 2.24) is 0 Å². The molecule has 3 aliphatic rings. The second-order valence-corrected chi connectivity index (χ2v) is 13.3. The molecular weight excluding hydrogens is 530 g/mol. The van der Waals surface area contributed by atoms with Gasteiger partial charge in [-0.05, 0) is 114 Å².